The Hall–Kier alpha value is -1.36. The predicted molar refractivity (Wildman–Crippen MR) is 71.3 cm³/mol. The number of hydrogen-bond acceptors (Lipinski definition) is 5. The normalized spacial score (nSPS) is 19.8. The van der Waals surface area contributed by atoms with Crippen LogP contribution in [-0.2, 0) is 5.60 Å². The van der Waals surface area contributed by atoms with E-state index in [1.165, 1.54) is 26.8 Å². The first kappa shape index (κ1) is 14.1. The molecule has 0 saturated heterocycles. The Balaban J connectivity index is 2.32. The van der Waals surface area contributed by atoms with Crippen molar-refractivity contribution in [1.82, 2.24) is 9.97 Å². The summed E-state index contributed by atoms with van der Waals surface area (Å²) in [6.07, 6.45) is 7.13. The Kier molecular flexibility index (Phi) is 4.24. The largest absolute Gasteiger partial charge is 0.480 e. The highest BCUT2D eigenvalue weighted by Crippen LogP contribution is 2.41. The number of ether oxygens (including phenoxy) is 2. The molecule has 1 aliphatic rings. The molecule has 0 aromatic carbocycles. The molecule has 19 heavy (non-hydrogen) atoms. The fraction of sp³-hybridized carbons (Fsp3) is 0.714. The van der Waals surface area contributed by atoms with Crippen molar-refractivity contribution >= 4 is 0 Å². The zero-order valence-electron chi connectivity index (χ0n) is 11.8. The molecule has 1 fully saturated rings. The van der Waals surface area contributed by atoms with E-state index < -0.39 is 5.60 Å². The third-order valence-corrected chi connectivity index (χ3v) is 4.00. The molecule has 1 aromatic rings. The standard InChI is InChI=1S/C14H22N2O3/c1-14(17,10-7-5-4-6-8-10)12-13(19-3)16-11(18-2)9-15-12/h9-10,17H,4-8H2,1-3H3. The number of aliphatic hydroxyl groups is 1. The maximum absolute atomic E-state index is 10.9. The molecule has 1 heterocycles. The highest BCUT2D eigenvalue weighted by Gasteiger charge is 2.38. The first-order valence-electron chi connectivity index (χ1n) is 6.77. The lowest BCUT2D eigenvalue weighted by molar-refractivity contribution is -0.0276. The van der Waals surface area contributed by atoms with Crippen molar-refractivity contribution in [2.24, 2.45) is 5.92 Å². The van der Waals surface area contributed by atoms with Crippen molar-refractivity contribution in [2.75, 3.05) is 14.2 Å². The maximum atomic E-state index is 10.9. The van der Waals surface area contributed by atoms with Crippen LogP contribution in [0, 0.1) is 5.92 Å². The van der Waals surface area contributed by atoms with Crippen LogP contribution in [0.3, 0.4) is 0 Å². The SMILES string of the molecule is COc1cnc(C(C)(O)C2CCCCC2)c(OC)n1. The molecule has 2 rings (SSSR count). The van der Waals surface area contributed by atoms with Crippen LogP contribution in [0.25, 0.3) is 0 Å². The van der Waals surface area contributed by atoms with Crippen LogP contribution in [-0.4, -0.2) is 29.3 Å². The summed E-state index contributed by atoms with van der Waals surface area (Å²) in [4.78, 5) is 8.51. The Morgan fingerprint density at radius 1 is 1.21 bits per heavy atom. The minimum absolute atomic E-state index is 0.206. The minimum atomic E-state index is -1.01. The Morgan fingerprint density at radius 3 is 2.47 bits per heavy atom. The second-order valence-electron chi connectivity index (χ2n) is 5.25. The van der Waals surface area contributed by atoms with Crippen LogP contribution in [0.4, 0.5) is 0 Å². The van der Waals surface area contributed by atoms with Crippen molar-refractivity contribution in [2.45, 2.75) is 44.6 Å². The van der Waals surface area contributed by atoms with E-state index in [0.717, 1.165) is 25.7 Å². The molecule has 1 aliphatic carbocycles. The molecule has 0 radical (unpaired) electrons. The van der Waals surface area contributed by atoms with Gasteiger partial charge in [0.05, 0.1) is 20.4 Å². The molecule has 1 unspecified atom stereocenters. The van der Waals surface area contributed by atoms with E-state index in [4.69, 9.17) is 9.47 Å². The van der Waals surface area contributed by atoms with Gasteiger partial charge < -0.3 is 14.6 Å². The summed E-state index contributed by atoms with van der Waals surface area (Å²) in [6.45, 7) is 1.81. The number of rotatable bonds is 4. The van der Waals surface area contributed by atoms with E-state index >= 15 is 0 Å². The number of nitrogens with zero attached hydrogens (tertiary/aromatic N) is 2. The summed E-state index contributed by atoms with van der Waals surface area (Å²) in [7, 11) is 3.06. The van der Waals surface area contributed by atoms with Gasteiger partial charge in [-0.3, -0.25) is 0 Å². The fourth-order valence-electron chi connectivity index (χ4n) is 2.80. The molecule has 1 saturated carbocycles. The lowest BCUT2D eigenvalue weighted by atomic mass is 9.76. The van der Waals surface area contributed by atoms with Gasteiger partial charge in [-0.2, -0.15) is 4.98 Å². The van der Waals surface area contributed by atoms with E-state index in [-0.39, 0.29) is 5.92 Å². The van der Waals surface area contributed by atoms with Gasteiger partial charge in [-0.15, -0.1) is 0 Å². The van der Waals surface area contributed by atoms with Gasteiger partial charge in [-0.1, -0.05) is 19.3 Å². The zero-order valence-corrected chi connectivity index (χ0v) is 11.8. The molecule has 1 aromatic heterocycles. The smallest absolute Gasteiger partial charge is 0.241 e. The zero-order chi connectivity index (χ0) is 13.9. The molecule has 5 heteroatoms. The number of methoxy groups -OCH3 is 2. The van der Waals surface area contributed by atoms with E-state index in [9.17, 15) is 5.11 Å². The Bertz CT molecular complexity index is 429. The summed E-state index contributed by atoms with van der Waals surface area (Å²) in [6, 6.07) is 0. The highest BCUT2D eigenvalue weighted by atomic mass is 16.5. The van der Waals surface area contributed by atoms with Crippen molar-refractivity contribution in [3.05, 3.63) is 11.9 Å². The lowest BCUT2D eigenvalue weighted by Gasteiger charge is -2.35. The third kappa shape index (κ3) is 2.81. The van der Waals surface area contributed by atoms with Crippen LogP contribution in [0.1, 0.15) is 44.7 Å². The first-order chi connectivity index (χ1) is 9.09. The average Bonchev–Trinajstić information content (AvgIpc) is 2.47. The minimum Gasteiger partial charge on any atom is -0.480 e. The topological polar surface area (TPSA) is 64.5 Å². The van der Waals surface area contributed by atoms with E-state index in [0.29, 0.717) is 17.5 Å². The molecular formula is C14H22N2O3. The summed E-state index contributed by atoms with van der Waals surface area (Å²) in [5, 5.41) is 10.9. The average molecular weight is 266 g/mol. The van der Waals surface area contributed by atoms with Crippen molar-refractivity contribution < 1.29 is 14.6 Å². The van der Waals surface area contributed by atoms with Gasteiger partial charge in [0.1, 0.15) is 11.3 Å². The summed E-state index contributed by atoms with van der Waals surface area (Å²) >= 11 is 0. The highest BCUT2D eigenvalue weighted by molar-refractivity contribution is 5.28. The fourth-order valence-corrected chi connectivity index (χ4v) is 2.80. The summed E-state index contributed by atoms with van der Waals surface area (Å²) < 4.78 is 10.3. The van der Waals surface area contributed by atoms with E-state index in [1.807, 2.05) is 6.92 Å². The van der Waals surface area contributed by atoms with E-state index in [2.05, 4.69) is 9.97 Å². The van der Waals surface area contributed by atoms with E-state index in [1.54, 1.807) is 0 Å². The van der Waals surface area contributed by atoms with Gasteiger partial charge in [0, 0.05) is 0 Å². The molecule has 0 amide bonds. The van der Waals surface area contributed by atoms with Crippen LogP contribution in [0.2, 0.25) is 0 Å². The third-order valence-electron chi connectivity index (χ3n) is 4.00. The Labute approximate surface area is 114 Å². The van der Waals surface area contributed by atoms with Gasteiger partial charge in [-0.05, 0) is 25.7 Å². The van der Waals surface area contributed by atoms with Crippen molar-refractivity contribution in [3.63, 3.8) is 0 Å². The second kappa shape index (κ2) is 5.74. The molecule has 5 nitrogen and oxygen atoms in total. The molecule has 1 N–H and O–H groups in total. The van der Waals surface area contributed by atoms with Crippen molar-refractivity contribution in [1.29, 1.82) is 0 Å². The van der Waals surface area contributed by atoms with Gasteiger partial charge in [-0.25, -0.2) is 4.98 Å². The van der Waals surface area contributed by atoms with Crippen molar-refractivity contribution in [3.8, 4) is 11.8 Å². The van der Waals surface area contributed by atoms with Gasteiger partial charge >= 0.3 is 0 Å². The van der Waals surface area contributed by atoms with Crippen LogP contribution in [0.5, 0.6) is 11.8 Å². The molecule has 0 aliphatic heterocycles. The summed E-state index contributed by atoms with van der Waals surface area (Å²) in [5.74, 6) is 0.938. The quantitative estimate of drug-likeness (QED) is 0.905. The predicted octanol–water partition coefficient (Wildman–Crippen LogP) is 2.28. The van der Waals surface area contributed by atoms with Gasteiger partial charge in [0.2, 0.25) is 11.8 Å². The summed E-state index contributed by atoms with van der Waals surface area (Å²) in [5.41, 5.74) is -0.506. The van der Waals surface area contributed by atoms with Gasteiger partial charge in [0.15, 0.2) is 0 Å². The monoisotopic (exact) mass is 266 g/mol. The van der Waals surface area contributed by atoms with Crippen LogP contribution < -0.4 is 9.47 Å². The Morgan fingerprint density at radius 2 is 1.89 bits per heavy atom. The van der Waals surface area contributed by atoms with Gasteiger partial charge in [0.25, 0.3) is 0 Å². The number of hydrogen-bond donors (Lipinski definition) is 1. The second-order valence-corrected chi connectivity index (χ2v) is 5.25. The first-order valence-corrected chi connectivity index (χ1v) is 6.77. The molecule has 0 spiro atoms. The maximum Gasteiger partial charge on any atom is 0.241 e. The molecule has 106 valence electrons. The van der Waals surface area contributed by atoms with Crippen LogP contribution in [0.15, 0.2) is 6.20 Å². The molecular weight excluding hydrogens is 244 g/mol. The van der Waals surface area contributed by atoms with Crippen LogP contribution >= 0.6 is 0 Å². The molecule has 1 atom stereocenters. The molecule has 0 bridgehead atoms. The number of aromatic nitrogens is 2. The lowest BCUT2D eigenvalue weighted by Crippen LogP contribution is -2.34.